The van der Waals surface area contributed by atoms with Crippen LogP contribution < -0.4 is 21.5 Å². The van der Waals surface area contributed by atoms with Crippen LogP contribution in [0.2, 0.25) is 0 Å². The average Bonchev–Trinajstić information content (AvgIpc) is 3.82. The predicted molar refractivity (Wildman–Crippen MR) is 172 cm³/mol. The molecule has 4 N–H and O–H groups in total. The lowest BCUT2D eigenvalue weighted by molar-refractivity contribution is 0.0943. The number of amides is 4. The Morgan fingerprint density at radius 2 is 0.826 bits per heavy atom. The second kappa shape index (κ2) is 14.3. The molecule has 2 heterocycles. The predicted octanol–water partition coefficient (Wildman–Crippen LogP) is 5.69. The smallest absolute Gasteiger partial charge is 0.291 e. The molecule has 12 nitrogen and oxygen atoms in total. The molecule has 0 unspecified atom stereocenters. The largest absolute Gasteiger partial charge is 0.459 e. The molecule has 0 atom stereocenters. The van der Waals surface area contributed by atoms with E-state index in [1.165, 1.54) is 36.8 Å². The molecule has 230 valence electrons. The molecule has 0 radical (unpaired) electrons. The van der Waals surface area contributed by atoms with E-state index in [1.807, 2.05) is 0 Å². The summed E-state index contributed by atoms with van der Waals surface area (Å²) in [6.07, 6.45) is 2.85. The number of hydrogen-bond acceptors (Lipinski definition) is 8. The first-order valence-electron chi connectivity index (χ1n) is 14.0. The van der Waals surface area contributed by atoms with E-state index in [0.29, 0.717) is 33.9 Å². The highest BCUT2D eigenvalue weighted by Crippen LogP contribution is 2.14. The van der Waals surface area contributed by atoms with Gasteiger partial charge >= 0.3 is 0 Å². The highest BCUT2D eigenvalue weighted by molar-refractivity contribution is 6.05. The van der Waals surface area contributed by atoms with E-state index in [4.69, 9.17) is 8.83 Å². The Bertz CT molecular complexity index is 1750. The summed E-state index contributed by atoms with van der Waals surface area (Å²) in [5.74, 6) is -1.22. The fourth-order valence-corrected chi connectivity index (χ4v) is 4.09. The minimum Gasteiger partial charge on any atom is -0.459 e. The first-order valence-corrected chi connectivity index (χ1v) is 14.0. The van der Waals surface area contributed by atoms with Gasteiger partial charge < -0.3 is 19.5 Å². The Balaban J connectivity index is 1.11. The van der Waals surface area contributed by atoms with Crippen LogP contribution in [0.15, 0.2) is 129 Å². The lowest BCUT2D eigenvalue weighted by Gasteiger charge is -2.07. The van der Waals surface area contributed by atoms with Gasteiger partial charge in [0.1, 0.15) is 0 Å². The standard InChI is InChI=1S/C34H28N6O6/c1-21(23-11-15-27(16-12-23)35-33(43)29-5-3-19-45-29)37-39-31(41)25-7-9-26(10-8-25)32(42)40-38-22(2)24-13-17-28(18-14-24)36-34(44)30-6-4-20-46-30/h3-20H,1-2H3,(H,35,43)(H,36,44)(H,39,41)(H,40,42)/b37-21+,38-22+. The van der Waals surface area contributed by atoms with Crippen LogP contribution in [0.4, 0.5) is 11.4 Å². The van der Waals surface area contributed by atoms with Crippen molar-refractivity contribution in [1.29, 1.82) is 0 Å². The molecule has 0 saturated heterocycles. The van der Waals surface area contributed by atoms with Crippen molar-refractivity contribution in [2.24, 2.45) is 10.2 Å². The number of carbonyl (C=O) groups is 4. The number of carbonyl (C=O) groups excluding carboxylic acids is 4. The van der Waals surface area contributed by atoms with Crippen molar-refractivity contribution < 1.29 is 28.0 Å². The number of benzene rings is 3. The molecule has 0 aliphatic heterocycles. The molecule has 46 heavy (non-hydrogen) atoms. The van der Waals surface area contributed by atoms with Gasteiger partial charge in [-0.25, -0.2) is 10.9 Å². The molecule has 5 aromatic rings. The van der Waals surface area contributed by atoms with E-state index in [2.05, 4.69) is 31.7 Å². The number of hydrogen-bond donors (Lipinski definition) is 4. The third-order valence-corrected chi connectivity index (χ3v) is 6.67. The first-order chi connectivity index (χ1) is 22.3. The SMILES string of the molecule is C/C(=N\NC(=O)c1ccc(C(=O)N/N=C(\C)c2ccc(NC(=O)c3ccco3)cc2)cc1)c1ccc(NC(=O)c2ccco2)cc1. The second-order valence-electron chi connectivity index (χ2n) is 9.87. The average molecular weight is 617 g/mol. The molecule has 12 heteroatoms. The number of rotatable bonds is 10. The number of nitrogens with zero attached hydrogens (tertiary/aromatic N) is 2. The molecule has 3 aromatic carbocycles. The van der Waals surface area contributed by atoms with Crippen LogP contribution in [0.3, 0.4) is 0 Å². The molecule has 0 bridgehead atoms. The van der Waals surface area contributed by atoms with Gasteiger partial charge in [-0.05, 0) is 97.8 Å². The quantitative estimate of drug-likeness (QED) is 0.116. The molecule has 0 spiro atoms. The van der Waals surface area contributed by atoms with Crippen molar-refractivity contribution in [2.75, 3.05) is 10.6 Å². The van der Waals surface area contributed by atoms with Gasteiger partial charge in [0, 0.05) is 22.5 Å². The van der Waals surface area contributed by atoms with Gasteiger partial charge in [0.25, 0.3) is 23.6 Å². The summed E-state index contributed by atoms with van der Waals surface area (Å²) < 4.78 is 10.2. The van der Waals surface area contributed by atoms with Crippen LogP contribution in [-0.4, -0.2) is 35.1 Å². The Labute approximate surface area is 263 Å². The summed E-state index contributed by atoms with van der Waals surface area (Å²) in [7, 11) is 0. The second-order valence-corrected chi connectivity index (χ2v) is 9.87. The fourth-order valence-electron chi connectivity index (χ4n) is 4.09. The molecule has 5 rings (SSSR count). The van der Waals surface area contributed by atoms with Crippen molar-refractivity contribution in [3.63, 3.8) is 0 Å². The van der Waals surface area contributed by atoms with Crippen molar-refractivity contribution in [3.05, 3.63) is 143 Å². The number of furan rings is 2. The van der Waals surface area contributed by atoms with Gasteiger partial charge in [0.15, 0.2) is 11.5 Å². The third-order valence-electron chi connectivity index (χ3n) is 6.67. The van der Waals surface area contributed by atoms with E-state index in [-0.39, 0.29) is 23.3 Å². The maximum absolute atomic E-state index is 12.6. The van der Waals surface area contributed by atoms with Crippen LogP contribution in [0.1, 0.15) is 66.8 Å². The summed E-state index contributed by atoms with van der Waals surface area (Å²) in [5, 5.41) is 13.8. The molecule has 0 aliphatic carbocycles. The van der Waals surface area contributed by atoms with Gasteiger partial charge in [-0.3, -0.25) is 19.2 Å². The monoisotopic (exact) mass is 616 g/mol. The number of hydrazone groups is 2. The summed E-state index contributed by atoms with van der Waals surface area (Å²) in [6, 6.07) is 26.4. The van der Waals surface area contributed by atoms with Crippen LogP contribution in [-0.2, 0) is 0 Å². The van der Waals surface area contributed by atoms with Gasteiger partial charge in [-0.15, -0.1) is 0 Å². The lowest BCUT2D eigenvalue weighted by atomic mass is 10.1. The van der Waals surface area contributed by atoms with E-state index in [9.17, 15) is 19.2 Å². The van der Waals surface area contributed by atoms with Crippen molar-refractivity contribution in [2.45, 2.75) is 13.8 Å². The van der Waals surface area contributed by atoms with E-state index in [0.717, 1.165) is 11.1 Å². The van der Waals surface area contributed by atoms with Crippen molar-refractivity contribution in [3.8, 4) is 0 Å². The van der Waals surface area contributed by atoms with E-state index < -0.39 is 11.8 Å². The molecule has 0 aliphatic rings. The van der Waals surface area contributed by atoms with Crippen LogP contribution in [0, 0.1) is 0 Å². The maximum Gasteiger partial charge on any atom is 0.291 e. The van der Waals surface area contributed by atoms with Crippen LogP contribution in [0.25, 0.3) is 0 Å². The van der Waals surface area contributed by atoms with Crippen molar-refractivity contribution >= 4 is 46.4 Å². The molecule has 2 aromatic heterocycles. The number of nitrogens with one attached hydrogen (secondary N) is 4. The summed E-state index contributed by atoms with van der Waals surface area (Å²) in [5.41, 5.74) is 9.38. The molecular weight excluding hydrogens is 588 g/mol. The minimum absolute atomic E-state index is 0.205. The third kappa shape index (κ3) is 7.88. The first kappa shape index (κ1) is 30.9. The fraction of sp³-hybridized carbons (Fsp3) is 0.0588. The van der Waals surface area contributed by atoms with Crippen LogP contribution in [0.5, 0.6) is 0 Å². The minimum atomic E-state index is -0.452. The van der Waals surface area contributed by atoms with Gasteiger partial charge in [0.2, 0.25) is 0 Å². The van der Waals surface area contributed by atoms with E-state index in [1.54, 1.807) is 86.6 Å². The molecule has 4 amide bonds. The maximum atomic E-state index is 12.6. The summed E-state index contributed by atoms with van der Waals surface area (Å²) in [4.78, 5) is 49.5. The Morgan fingerprint density at radius 3 is 1.15 bits per heavy atom. The van der Waals surface area contributed by atoms with Gasteiger partial charge in [0.05, 0.1) is 23.9 Å². The topological polar surface area (TPSA) is 167 Å². The zero-order valence-corrected chi connectivity index (χ0v) is 24.7. The molecule has 0 fully saturated rings. The summed E-state index contributed by atoms with van der Waals surface area (Å²) >= 11 is 0. The molecular formula is C34H28N6O6. The Morgan fingerprint density at radius 1 is 0.478 bits per heavy atom. The normalized spacial score (nSPS) is 11.4. The van der Waals surface area contributed by atoms with Gasteiger partial charge in [-0.1, -0.05) is 24.3 Å². The van der Waals surface area contributed by atoms with Crippen molar-refractivity contribution in [1.82, 2.24) is 10.9 Å². The highest BCUT2D eigenvalue weighted by atomic mass is 16.3. The summed E-state index contributed by atoms with van der Waals surface area (Å²) in [6.45, 7) is 3.48. The lowest BCUT2D eigenvalue weighted by Crippen LogP contribution is -2.21. The Kier molecular flexibility index (Phi) is 9.58. The van der Waals surface area contributed by atoms with E-state index >= 15 is 0 Å². The van der Waals surface area contributed by atoms with Gasteiger partial charge in [-0.2, -0.15) is 10.2 Å². The highest BCUT2D eigenvalue weighted by Gasteiger charge is 2.12. The Hall–Kier alpha value is -6.56. The zero-order valence-electron chi connectivity index (χ0n) is 24.7. The van der Waals surface area contributed by atoms with Crippen LogP contribution >= 0.6 is 0 Å². The molecule has 0 saturated carbocycles. The zero-order chi connectivity index (χ0) is 32.5. The number of anilines is 2.